The SMILES string of the molecule is CCOC(=O)C(C)(CCC(=O)O)C(=O)OCC. The summed E-state index contributed by atoms with van der Waals surface area (Å²) in [5.41, 5.74) is -1.55. The van der Waals surface area contributed by atoms with Gasteiger partial charge in [0.25, 0.3) is 0 Å². The maximum atomic E-state index is 11.7. The molecule has 98 valence electrons. The van der Waals surface area contributed by atoms with E-state index in [4.69, 9.17) is 14.6 Å². The zero-order chi connectivity index (χ0) is 13.5. The maximum absolute atomic E-state index is 11.7. The van der Waals surface area contributed by atoms with Gasteiger partial charge >= 0.3 is 17.9 Å². The minimum absolute atomic E-state index is 0.126. The molecule has 0 unspecified atom stereocenters. The van der Waals surface area contributed by atoms with Gasteiger partial charge in [0.1, 0.15) is 0 Å². The Morgan fingerprint density at radius 3 is 1.76 bits per heavy atom. The monoisotopic (exact) mass is 246 g/mol. The Morgan fingerprint density at radius 1 is 1.06 bits per heavy atom. The highest BCUT2D eigenvalue weighted by Crippen LogP contribution is 2.27. The van der Waals surface area contributed by atoms with Gasteiger partial charge < -0.3 is 14.6 Å². The molecule has 0 atom stereocenters. The van der Waals surface area contributed by atoms with Crippen molar-refractivity contribution in [2.45, 2.75) is 33.6 Å². The van der Waals surface area contributed by atoms with Crippen LogP contribution in [0, 0.1) is 5.41 Å². The molecule has 0 aliphatic carbocycles. The predicted molar refractivity (Wildman–Crippen MR) is 58.2 cm³/mol. The van der Waals surface area contributed by atoms with Crippen LogP contribution in [-0.2, 0) is 23.9 Å². The lowest BCUT2D eigenvalue weighted by Crippen LogP contribution is -2.40. The summed E-state index contributed by atoms with van der Waals surface area (Å²) in [5, 5.41) is 8.60. The summed E-state index contributed by atoms with van der Waals surface area (Å²) in [5.74, 6) is -2.58. The van der Waals surface area contributed by atoms with Gasteiger partial charge in [-0.05, 0) is 27.2 Å². The van der Waals surface area contributed by atoms with Crippen LogP contribution in [-0.4, -0.2) is 36.2 Å². The summed E-state index contributed by atoms with van der Waals surface area (Å²) in [6.07, 6.45) is -0.436. The van der Waals surface area contributed by atoms with Crippen molar-refractivity contribution in [3.8, 4) is 0 Å². The first-order valence-electron chi connectivity index (χ1n) is 5.44. The van der Waals surface area contributed by atoms with E-state index in [1.165, 1.54) is 6.92 Å². The van der Waals surface area contributed by atoms with E-state index in [1.54, 1.807) is 13.8 Å². The van der Waals surface area contributed by atoms with Gasteiger partial charge in [-0.15, -0.1) is 0 Å². The Hall–Kier alpha value is -1.59. The van der Waals surface area contributed by atoms with Crippen LogP contribution in [0.5, 0.6) is 0 Å². The van der Waals surface area contributed by atoms with E-state index in [1.807, 2.05) is 0 Å². The average molecular weight is 246 g/mol. The number of carbonyl (C=O) groups excluding carboxylic acids is 2. The third-order valence-electron chi connectivity index (χ3n) is 2.29. The number of rotatable bonds is 7. The number of hydrogen-bond acceptors (Lipinski definition) is 5. The first kappa shape index (κ1) is 15.4. The first-order chi connectivity index (χ1) is 7.88. The first-order valence-corrected chi connectivity index (χ1v) is 5.44. The zero-order valence-corrected chi connectivity index (χ0v) is 10.3. The van der Waals surface area contributed by atoms with Gasteiger partial charge in [0.15, 0.2) is 5.41 Å². The van der Waals surface area contributed by atoms with Crippen LogP contribution < -0.4 is 0 Å². The number of hydrogen-bond donors (Lipinski definition) is 1. The van der Waals surface area contributed by atoms with Gasteiger partial charge in [0, 0.05) is 6.42 Å². The highest BCUT2D eigenvalue weighted by Gasteiger charge is 2.44. The Balaban J connectivity index is 4.85. The van der Waals surface area contributed by atoms with E-state index >= 15 is 0 Å². The molecule has 0 rings (SSSR count). The van der Waals surface area contributed by atoms with Crippen molar-refractivity contribution in [1.82, 2.24) is 0 Å². The van der Waals surface area contributed by atoms with Crippen LogP contribution in [0.1, 0.15) is 33.6 Å². The van der Waals surface area contributed by atoms with Crippen molar-refractivity contribution in [3.63, 3.8) is 0 Å². The number of esters is 2. The molecule has 0 spiro atoms. The van der Waals surface area contributed by atoms with Crippen molar-refractivity contribution >= 4 is 17.9 Å². The number of carboxylic acid groups (broad SMARTS) is 1. The van der Waals surface area contributed by atoms with Crippen LogP contribution in [0.4, 0.5) is 0 Å². The molecule has 0 radical (unpaired) electrons. The third kappa shape index (κ3) is 4.42. The zero-order valence-electron chi connectivity index (χ0n) is 10.3. The van der Waals surface area contributed by atoms with E-state index in [-0.39, 0.29) is 26.1 Å². The Morgan fingerprint density at radius 2 is 1.47 bits per heavy atom. The molecule has 6 nitrogen and oxygen atoms in total. The summed E-state index contributed by atoms with van der Waals surface area (Å²) >= 11 is 0. The van der Waals surface area contributed by atoms with Crippen LogP contribution >= 0.6 is 0 Å². The summed E-state index contributed by atoms with van der Waals surface area (Å²) < 4.78 is 9.55. The molecule has 0 aromatic rings. The molecule has 0 saturated carbocycles. The van der Waals surface area contributed by atoms with Gasteiger partial charge in [-0.3, -0.25) is 14.4 Å². The normalized spacial score (nSPS) is 10.8. The number of carboxylic acids is 1. The molecule has 0 heterocycles. The highest BCUT2D eigenvalue weighted by atomic mass is 16.6. The fourth-order valence-electron chi connectivity index (χ4n) is 1.23. The smallest absolute Gasteiger partial charge is 0.323 e. The number of aliphatic carboxylic acids is 1. The van der Waals surface area contributed by atoms with Gasteiger partial charge in [-0.2, -0.15) is 0 Å². The van der Waals surface area contributed by atoms with E-state index in [0.717, 1.165) is 0 Å². The molecule has 0 aromatic carbocycles. The third-order valence-corrected chi connectivity index (χ3v) is 2.29. The summed E-state index contributed by atoms with van der Waals surface area (Å²) in [4.78, 5) is 33.9. The minimum Gasteiger partial charge on any atom is -0.481 e. The standard InChI is InChI=1S/C11H18O6/c1-4-16-9(14)11(3,7-6-8(12)13)10(15)17-5-2/h4-7H2,1-3H3,(H,12,13). The van der Waals surface area contributed by atoms with Gasteiger partial charge in [-0.1, -0.05) is 0 Å². The second kappa shape index (κ2) is 6.88. The molecule has 0 fully saturated rings. The molecule has 0 saturated heterocycles. The molecule has 6 heteroatoms. The molecule has 17 heavy (non-hydrogen) atoms. The molecule has 0 aromatic heterocycles. The Bertz CT molecular complexity index is 278. The quantitative estimate of drug-likeness (QED) is 0.532. The molecule has 0 bridgehead atoms. The van der Waals surface area contributed by atoms with Crippen molar-refractivity contribution in [1.29, 1.82) is 0 Å². The van der Waals surface area contributed by atoms with E-state index in [9.17, 15) is 14.4 Å². The summed E-state index contributed by atoms with van der Waals surface area (Å²) in [7, 11) is 0. The van der Waals surface area contributed by atoms with Crippen molar-refractivity contribution in [2.24, 2.45) is 5.41 Å². The van der Waals surface area contributed by atoms with Crippen LogP contribution in [0.25, 0.3) is 0 Å². The van der Waals surface area contributed by atoms with Gasteiger partial charge in [0.2, 0.25) is 0 Å². The summed E-state index contributed by atoms with van der Waals surface area (Å²) in [6, 6.07) is 0. The van der Waals surface area contributed by atoms with E-state index in [2.05, 4.69) is 0 Å². The van der Waals surface area contributed by atoms with Gasteiger partial charge in [-0.25, -0.2) is 0 Å². The highest BCUT2D eigenvalue weighted by molar-refractivity contribution is 5.99. The Labute approximate surface area is 99.9 Å². The van der Waals surface area contributed by atoms with Crippen LogP contribution in [0.15, 0.2) is 0 Å². The van der Waals surface area contributed by atoms with E-state index in [0.29, 0.717) is 0 Å². The topological polar surface area (TPSA) is 89.9 Å². The Kier molecular flexibility index (Phi) is 6.23. The van der Waals surface area contributed by atoms with Crippen molar-refractivity contribution < 1.29 is 29.0 Å². The van der Waals surface area contributed by atoms with Gasteiger partial charge in [0.05, 0.1) is 13.2 Å². The largest absolute Gasteiger partial charge is 0.481 e. The molecular weight excluding hydrogens is 228 g/mol. The average Bonchev–Trinajstić information content (AvgIpc) is 2.26. The van der Waals surface area contributed by atoms with Crippen molar-refractivity contribution in [2.75, 3.05) is 13.2 Å². The fraction of sp³-hybridized carbons (Fsp3) is 0.727. The lowest BCUT2D eigenvalue weighted by atomic mass is 9.85. The summed E-state index contributed by atoms with van der Waals surface area (Å²) in [6.45, 7) is 4.81. The molecule has 0 aliphatic heterocycles. The molecule has 1 N–H and O–H groups in total. The van der Waals surface area contributed by atoms with Crippen molar-refractivity contribution in [3.05, 3.63) is 0 Å². The van der Waals surface area contributed by atoms with E-state index < -0.39 is 23.3 Å². The fourth-order valence-corrected chi connectivity index (χ4v) is 1.23. The lowest BCUT2D eigenvalue weighted by Gasteiger charge is -2.24. The second-order valence-corrected chi connectivity index (χ2v) is 3.67. The second-order valence-electron chi connectivity index (χ2n) is 3.67. The van der Waals surface area contributed by atoms with Crippen LogP contribution in [0.2, 0.25) is 0 Å². The molecule has 0 aliphatic rings. The minimum atomic E-state index is -1.55. The number of ether oxygens (including phenoxy) is 2. The van der Waals surface area contributed by atoms with Crippen LogP contribution in [0.3, 0.4) is 0 Å². The maximum Gasteiger partial charge on any atom is 0.323 e. The molecular formula is C11H18O6. The molecule has 0 amide bonds. The predicted octanol–water partition coefficient (Wildman–Crippen LogP) is 0.984. The number of carbonyl (C=O) groups is 3. The lowest BCUT2D eigenvalue weighted by molar-refractivity contribution is -0.171.